The summed E-state index contributed by atoms with van der Waals surface area (Å²) in [6, 6.07) is 9.35. The fourth-order valence-electron chi connectivity index (χ4n) is 3.05. The van der Waals surface area contributed by atoms with Crippen LogP contribution < -0.4 is 5.32 Å². The maximum Gasteiger partial charge on any atom is 0.0558 e. The van der Waals surface area contributed by atoms with Gasteiger partial charge < -0.3 is 10.4 Å². The number of nitrogens with zero attached hydrogens (tertiary/aromatic N) is 2. The summed E-state index contributed by atoms with van der Waals surface area (Å²) in [5, 5.41) is 12.7. The highest BCUT2D eigenvalue weighted by Crippen LogP contribution is 2.23. The van der Waals surface area contributed by atoms with E-state index in [0.29, 0.717) is 18.5 Å². The Kier molecular flexibility index (Phi) is 6.83. The molecule has 1 heterocycles. The van der Waals surface area contributed by atoms with Crippen LogP contribution in [0.3, 0.4) is 0 Å². The second kappa shape index (κ2) is 8.63. The molecule has 22 heavy (non-hydrogen) atoms. The highest BCUT2D eigenvalue weighted by Gasteiger charge is 2.21. The average molecular weight is 305 g/mol. The number of nitrogens with one attached hydrogen (secondary N) is 1. The summed E-state index contributed by atoms with van der Waals surface area (Å²) in [7, 11) is 2.11. The summed E-state index contributed by atoms with van der Waals surface area (Å²) in [5.74, 6) is 0.566. The van der Waals surface area contributed by atoms with Crippen molar-refractivity contribution < 1.29 is 5.11 Å². The van der Waals surface area contributed by atoms with Crippen molar-refractivity contribution in [1.82, 2.24) is 15.1 Å². The molecule has 1 atom stereocenters. The van der Waals surface area contributed by atoms with Crippen molar-refractivity contribution in [2.45, 2.75) is 25.8 Å². The average Bonchev–Trinajstić information content (AvgIpc) is 2.54. The molecular weight excluding hydrogens is 274 g/mol. The van der Waals surface area contributed by atoms with Crippen molar-refractivity contribution in [3.8, 4) is 0 Å². The van der Waals surface area contributed by atoms with Gasteiger partial charge in [-0.25, -0.2) is 0 Å². The van der Waals surface area contributed by atoms with Crippen LogP contribution in [-0.4, -0.2) is 67.8 Å². The van der Waals surface area contributed by atoms with Gasteiger partial charge in [0.15, 0.2) is 0 Å². The molecule has 1 aromatic carbocycles. The lowest BCUT2D eigenvalue weighted by Crippen LogP contribution is -2.47. The Labute approximate surface area is 135 Å². The fourth-order valence-corrected chi connectivity index (χ4v) is 3.05. The molecule has 0 radical (unpaired) electrons. The molecule has 0 spiro atoms. The van der Waals surface area contributed by atoms with Gasteiger partial charge in [0.1, 0.15) is 0 Å². The quantitative estimate of drug-likeness (QED) is 0.804. The maximum absolute atomic E-state index is 9.29. The van der Waals surface area contributed by atoms with Gasteiger partial charge in [0.25, 0.3) is 0 Å². The standard InChI is InChI=1S/C18H31N3O/c1-15(2)16-4-6-17(7-5-16)18(20(3)12-13-22)14-21-10-8-19-9-11-21/h4-7,15,18-19,22H,8-14H2,1-3H3. The van der Waals surface area contributed by atoms with Crippen LogP contribution in [0, 0.1) is 0 Å². The molecule has 1 aliphatic heterocycles. The lowest BCUT2D eigenvalue weighted by molar-refractivity contribution is 0.130. The lowest BCUT2D eigenvalue weighted by atomic mass is 9.98. The number of likely N-dealkylation sites (N-methyl/N-ethyl adjacent to an activating group) is 1. The molecular formula is C18H31N3O. The van der Waals surface area contributed by atoms with E-state index in [9.17, 15) is 5.11 Å². The van der Waals surface area contributed by atoms with E-state index in [0.717, 1.165) is 32.7 Å². The molecule has 1 aliphatic rings. The molecule has 0 amide bonds. The number of hydrogen-bond donors (Lipinski definition) is 2. The van der Waals surface area contributed by atoms with Gasteiger partial charge in [-0.15, -0.1) is 0 Å². The van der Waals surface area contributed by atoms with E-state index in [2.05, 4.69) is 60.3 Å². The topological polar surface area (TPSA) is 38.7 Å². The van der Waals surface area contributed by atoms with E-state index in [-0.39, 0.29) is 6.61 Å². The first kappa shape index (κ1) is 17.4. The molecule has 4 nitrogen and oxygen atoms in total. The molecule has 2 rings (SSSR count). The fraction of sp³-hybridized carbons (Fsp3) is 0.667. The summed E-state index contributed by atoms with van der Waals surface area (Å²) in [4.78, 5) is 4.79. The van der Waals surface area contributed by atoms with Gasteiger partial charge in [-0.3, -0.25) is 9.80 Å². The lowest BCUT2D eigenvalue weighted by Gasteiger charge is -2.35. The molecule has 1 aromatic rings. The van der Waals surface area contributed by atoms with E-state index in [1.165, 1.54) is 11.1 Å². The van der Waals surface area contributed by atoms with E-state index >= 15 is 0 Å². The van der Waals surface area contributed by atoms with Gasteiger partial charge in [0.2, 0.25) is 0 Å². The van der Waals surface area contributed by atoms with Gasteiger partial charge in [-0.1, -0.05) is 38.1 Å². The predicted molar refractivity (Wildman–Crippen MR) is 92.3 cm³/mol. The Bertz CT molecular complexity index is 426. The van der Waals surface area contributed by atoms with Crippen molar-refractivity contribution in [1.29, 1.82) is 0 Å². The van der Waals surface area contributed by atoms with Gasteiger partial charge in [-0.2, -0.15) is 0 Å². The predicted octanol–water partition coefficient (Wildman–Crippen LogP) is 1.68. The molecule has 0 saturated carbocycles. The van der Waals surface area contributed by atoms with Crippen LogP contribution in [0.15, 0.2) is 24.3 Å². The van der Waals surface area contributed by atoms with Gasteiger partial charge in [-0.05, 0) is 24.1 Å². The molecule has 1 saturated heterocycles. The number of hydrogen-bond acceptors (Lipinski definition) is 4. The second-order valence-electron chi connectivity index (χ2n) is 6.59. The molecule has 1 unspecified atom stereocenters. The van der Waals surface area contributed by atoms with Crippen LogP contribution in [0.1, 0.15) is 36.9 Å². The third kappa shape index (κ3) is 4.78. The summed E-state index contributed by atoms with van der Waals surface area (Å²) in [6.45, 7) is 10.8. The van der Waals surface area contributed by atoms with Crippen LogP contribution in [0.2, 0.25) is 0 Å². The van der Waals surface area contributed by atoms with E-state index in [1.54, 1.807) is 0 Å². The first-order valence-corrected chi connectivity index (χ1v) is 8.46. The van der Waals surface area contributed by atoms with Crippen molar-refractivity contribution in [3.63, 3.8) is 0 Å². The Morgan fingerprint density at radius 1 is 1.14 bits per heavy atom. The van der Waals surface area contributed by atoms with Gasteiger partial charge >= 0.3 is 0 Å². The Morgan fingerprint density at radius 2 is 1.73 bits per heavy atom. The molecule has 0 aliphatic carbocycles. The molecule has 1 fully saturated rings. The van der Waals surface area contributed by atoms with Gasteiger partial charge in [0.05, 0.1) is 6.61 Å². The summed E-state index contributed by atoms with van der Waals surface area (Å²) < 4.78 is 0. The largest absolute Gasteiger partial charge is 0.395 e. The van der Waals surface area contributed by atoms with E-state index in [1.807, 2.05) is 0 Å². The van der Waals surface area contributed by atoms with Crippen LogP contribution in [0.4, 0.5) is 0 Å². The highest BCUT2D eigenvalue weighted by atomic mass is 16.3. The van der Waals surface area contributed by atoms with Crippen molar-refractivity contribution in [2.24, 2.45) is 0 Å². The maximum atomic E-state index is 9.29. The van der Waals surface area contributed by atoms with Crippen molar-refractivity contribution >= 4 is 0 Å². The zero-order chi connectivity index (χ0) is 15.9. The second-order valence-corrected chi connectivity index (χ2v) is 6.59. The molecule has 124 valence electrons. The zero-order valence-corrected chi connectivity index (χ0v) is 14.3. The van der Waals surface area contributed by atoms with Crippen molar-refractivity contribution in [2.75, 3.05) is 52.9 Å². The van der Waals surface area contributed by atoms with Crippen LogP contribution >= 0.6 is 0 Å². The summed E-state index contributed by atoms with van der Waals surface area (Å²) in [6.07, 6.45) is 0. The number of piperazine rings is 1. The Balaban J connectivity index is 2.11. The monoisotopic (exact) mass is 305 g/mol. The Morgan fingerprint density at radius 3 is 2.27 bits per heavy atom. The Hall–Kier alpha value is -0.940. The normalized spacial score (nSPS) is 18.1. The minimum atomic E-state index is 0.207. The highest BCUT2D eigenvalue weighted by molar-refractivity contribution is 5.27. The number of rotatable bonds is 7. The SMILES string of the molecule is CC(C)c1ccc(C(CN2CCNCC2)N(C)CCO)cc1. The van der Waals surface area contributed by atoms with Gasteiger partial charge in [0, 0.05) is 45.3 Å². The molecule has 0 aromatic heterocycles. The van der Waals surface area contributed by atoms with E-state index < -0.39 is 0 Å². The number of aliphatic hydroxyl groups is 1. The van der Waals surface area contributed by atoms with E-state index in [4.69, 9.17) is 0 Å². The smallest absolute Gasteiger partial charge is 0.0558 e. The third-order valence-electron chi connectivity index (χ3n) is 4.61. The van der Waals surface area contributed by atoms with Crippen LogP contribution in [0.25, 0.3) is 0 Å². The molecule has 4 heteroatoms. The summed E-state index contributed by atoms with van der Waals surface area (Å²) in [5.41, 5.74) is 2.73. The summed E-state index contributed by atoms with van der Waals surface area (Å²) >= 11 is 0. The van der Waals surface area contributed by atoms with Crippen LogP contribution in [-0.2, 0) is 0 Å². The first-order chi connectivity index (χ1) is 10.6. The van der Waals surface area contributed by atoms with Crippen molar-refractivity contribution in [3.05, 3.63) is 35.4 Å². The number of aliphatic hydroxyl groups excluding tert-OH is 1. The zero-order valence-electron chi connectivity index (χ0n) is 14.3. The molecule has 2 N–H and O–H groups in total. The molecule has 0 bridgehead atoms. The van der Waals surface area contributed by atoms with Crippen LogP contribution in [0.5, 0.6) is 0 Å². The number of benzene rings is 1. The minimum absolute atomic E-state index is 0.207. The third-order valence-corrected chi connectivity index (χ3v) is 4.61. The first-order valence-electron chi connectivity index (χ1n) is 8.46. The minimum Gasteiger partial charge on any atom is -0.395 e.